The van der Waals surface area contributed by atoms with Gasteiger partial charge in [-0.05, 0) is 34.0 Å². The van der Waals surface area contributed by atoms with Crippen molar-refractivity contribution in [3.63, 3.8) is 0 Å². The Morgan fingerprint density at radius 2 is 2.21 bits per heavy atom. The van der Waals surface area contributed by atoms with E-state index in [4.69, 9.17) is 9.52 Å². The summed E-state index contributed by atoms with van der Waals surface area (Å²) >= 11 is 3.11. The fraction of sp³-hybridized carbons (Fsp3) is 0.500. The van der Waals surface area contributed by atoms with E-state index >= 15 is 0 Å². The molecule has 19 heavy (non-hydrogen) atoms. The standard InChI is InChI=1S/C12H17BrN2O4/c1-8(7-16)5-14-11(17)6-15(2)12(18)9-3-4-10(13)19-9/h3-4,8,16H,5-7H2,1-2H3,(H,14,17). The zero-order chi connectivity index (χ0) is 14.4. The summed E-state index contributed by atoms with van der Waals surface area (Å²) in [5.41, 5.74) is 0. The van der Waals surface area contributed by atoms with E-state index in [0.717, 1.165) is 0 Å². The number of carbonyl (C=O) groups excluding carboxylic acids is 2. The Balaban J connectivity index is 2.44. The van der Waals surface area contributed by atoms with Gasteiger partial charge in [0.25, 0.3) is 5.91 Å². The molecule has 0 aliphatic rings. The van der Waals surface area contributed by atoms with E-state index in [1.165, 1.54) is 18.0 Å². The van der Waals surface area contributed by atoms with Crippen LogP contribution in [0.5, 0.6) is 0 Å². The highest BCUT2D eigenvalue weighted by molar-refractivity contribution is 9.10. The van der Waals surface area contributed by atoms with E-state index in [0.29, 0.717) is 11.2 Å². The van der Waals surface area contributed by atoms with E-state index in [9.17, 15) is 9.59 Å². The van der Waals surface area contributed by atoms with E-state index in [1.54, 1.807) is 6.07 Å². The van der Waals surface area contributed by atoms with Crippen LogP contribution < -0.4 is 5.32 Å². The molecule has 0 saturated carbocycles. The molecule has 2 N–H and O–H groups in total. The van der Waals surface area contributed by atoms with E-state index < -0.39 is 0 Å². The van der Waals surface area contributed by atoms with Crippen LogP contribution in [0.3, 0.4) is 0 Å². The molecule has 0 fully saturated rings. The van der Waals surface area contributed by atoms with Crippen molar-refractivity contribution in [1.29, 1.82) is 0 Å². The van der Waals surface area contributed by atoms with Crippen LogP contribution in [0.25, 0.3) is 0 Å². The molecule has 1 unspecified atom stereocenters. The van der Waals surface area contributed by atoms with Gasteiger partial charge in [0.2, 0.25) is 5.91 Å². The molecule has 106 valence electrons. The molecule has 1 rings (SSSR count). The molecule has 2 amide bonds. The van der Waals surface area contributed by atoms with Crippen LogP contribution in [-0.4, -0.2) is 48.6 Å². The lowest BCUT2D eigenvalue weighted by Crippen LogP contribution is -2.40. The number of amides is 2. The van der Waals surface area contributed by atoms with Gasteiger partial charge in [-0.1, -0.05) is 6.92 Å². The van der Waals surface area contributed by atoms with Gasteiger partial charge in [-0.25, -0.2) is 0 Å². The van der Waals surface area contributed by atoms with Crippen LogP contribution >= 0.6 is 15.9 Å². The lowest BCUT2D eigenvalue weighted by Gasteiger charge is -2.16. The Morgan fingerprint density at radius 1 is 1.53 bits per heavy atom. The van der Waals surface area contributed by atoms with Crippen LogP contribution in [0.15, 0.2) is 21.2 Å². The average molecular weight is 333 g/mol. The van der Waals surface area contributed by atoms with Gasteiger partial charge in [-0.2, -0.15) is 0 Å². The minimum absolute atomic E-state index is 0.00835. The Labute approximate surface area is 119 Å². The molecule has 1 aromatic rings. The highest BCUT2D eigenvalue weighted by Gasteiger charge is 2.18. The number of rotatable bonds is 6. The first kappa shape index (κ1) is 15.7. The van der Waals surface area contributed by atoms with Gasteiger partial charge in [-0.3, -0.25) is 9.59 Å². The smallest absolute Gasteiger partial charge is 0.289 e. The van der Waals surface area contributed by atoms with Crippen molar-refractivity contribution < 1.29 is 19.1 Å². The predicted octanol–water partition coefficient (Wildman–Crippen LogP) is 0.859. The highest BCUT2D eigenvalue weighted by atomic mass is 79.9. The van der Waals surface area contributed by atoms with Crippen molar-refractivity contribution in [3.8, 4) is 0 Å². The molecule has 1 aromatic heterocycles. The van der Waals surface area contributed by atoms with Gasteiger partial charge >= 0.3 is 0 Å². The summed E-state index contributed by atoms with van der Waals surface area (Å²) in [6.07, 6.45) is 0. The maximum atomic E-state index is 11.9. The van der Waals surface area contributed by atoms with Crippen LogP contribution in [0, 0.1) is 5.92 Å². The third-order valence-electron chi connectivity index (χ3n) is 2.47. The van der Waals surface area contributed by atoms with Crippen LogP contribution in [0.4, 0.5) is 0 Å². The molecule has 0 aromatic carbocycles. The maximum absolute atomic E-state index is 11.9. The third-order valence-corrected chi connectivity index (χ3v) is 2.90. The van der Waals surface area contributed by atoms with Gasteiger partial charge < -0.3 is 19.7 Å². The van der Waals surface area contributed by atoms with Crippen LogP contribution in [-0.2, 0) is 4.79 Å². The number of nitrogens with zero attached hydrogens (tertiary/aromatic N) is 1. The lowest BCUT2D eigenvalue weighted by molar-refractivity contribution is -0.121. The first-order chi connectivity index (χ1) is 8.93. The van der Waals surface area contributed by atoms with Crippen molar-refractivity contribution in [2.45, 2.75) is 6.92 Å². The number of aliphatic hydroxyl groups is 1. The molecule has 0 aliphatic carbocycles. The molecule has 1 heterocycles. The molecule has 0 spiro atoms. The number of nitrogens with one attached hydrogen (secondary N) is 1. The van der Waals surface area contributed by atoms with Crippen molar-refractivity contribution in [2.24, 2.45) is 5.92 Å². The first-order valence-corrected chi connectivity index (χ1v) is 6.61. The average Bonchev–Trinajstić information content (AvgIpc) is 2.81. The summed E-state index contributed by atoms with van der Waals surface area (Å²) in [6.45, 7) is 2.14. The summed E-state index contributed by atoms with van der Waals surface area (Å²) in [5.74, 6) is -0.477. The number of aliphatic hydroxyl groups excluding tert-OH is 1. The van der Waals surface area contributed by atoms with Crippen molar-refractivity contribution >= 4 is 27.7 Å². The molecule has 6 nitrogen and oxygen atoms in total. The summed E-state index contributed by atoms with van der Waals surface area (Å²) in [4.78, 5) is 24.7. The molecular formula is C12H17BrN2O4. The van der Waals surface area contributed by atoms with E-state index in [1.807, 2.05) is 6.92 Å². The lowest BCUT2D eigenvalue weighted by atomic mass is 10.2. The largest absolute Gasteiger partial charge is 0.444 e. The number of hydrogen-bond donors (Lipinski definition) is 2. The highest BCUT2D eigenvalue weighted by Crippen LogP contribution is 2.15. The predicted molar refractivity (Wildman–Crippen MR) is 72.6 cm³/mol. The minimum atomic E-state index is -0.365. The Bertz CT molecular complexity index is 447. The summed E-state index contributed by atoms with van der Waals surface area (Å²) in [6, 6.07) is 3.15. The summed E-state index contributed by atoms with van der Waals surface area (Å²) < 4.78 is 5.59. The Morgan fingerprint density at radius 3 is 2.74 bits per heavy atom. The molecule has 0 aliphatic heterocycles. The molecule has 0 radical (unpaired) electrons. The monoisotopic (exact) mass is 332 g/mol. The van der Waals surface area contributed by atoms with E-state index in [2.05, 4.69) is 21.2 Å². The van der Waals surface area contributed by atoms with Crippen LogP contribution in [0.1, 0.15) is 17.5 Å². The zero-order valence-corrected chi connectivity index (χ0v) is 12.4. The number of carbonyl (C=O) groups is 2. The topological polar surface area (TPSA) is 82.8 Å². The first-order valence-electron chi connectivity index (χ1n) is 5.82. The summed E-state index contributed by atoms with van der Waals surface area (Å²) in [5, 5.41) is 11.5. The second kappa shape index (κ2) is 7.30. The number of hydrogen-bond acceptors (Lipinski definition) is 4. The van der Waals surface area contributed by atoms with Crippen molar-refractivity contribution in [1.82, 2.24) is 10.2 Å². The SMILES string of the molecule is CC(CO)CNC(=O)CN(C)C(=O)c1ccc(Br)o1. The fourth-order valence-electron chi connectivity index (χ4n) is 1.31. The number of likely N-dealkylation sites (N-methyl/N-ethyl adjacent to an activating group) is 1. The van der Waals surface area contributed by atoms with Gasteiger partial charge in [0.1, 0.15) is 0 Å². The summed E-state index contributed by atoms with van der Waals surface area (Å²) in [7, 11) is 1.52. The van der Waals surface area contributed by atoms with E-state index in [-0.39, 0.29) is 36.6 Å². The quantitative estimate of drug-likeness (QED) is 0.809. The normalized spacial score (nSPS) is 12.0. The fourth-order valence-corrected chi connectivity index (χ4v) is 1.62. The van der Waals surface area contributed by atoms with Gasteiger partial charge in [0, 0.05) is 20.2 Å². The number of furan rings is 1. The Kier molecular flexibility index (Phi) is 6.04. The van der Waals surface area contributed by atoms with Crippen molar-refractivity contribution in [2.75, 3.05) is 26.7 Å². The van der Waals surface area contributed by atoms with Gasteiger partial charge in [-0.15, -0.1) is 0 Å². The van der Waals surface area contributed by atoms with Gasteiger partial charge in [0.15, 0.2) is 10.4 Å². The molecular weight excluding hydrogens is 316 g/mol. The number of halogens is 1. The maximum Gasteiger partial charge on any atom is 0.289 e. The zero-order valence-electron chi connectivity index (χ0n) is 10.9. The third kappa shape index (κ3) is 5.04. The van der Waals surface area contributed by atoms with Crippen LogP contribution in [0.2, 0.25) is 0 Å². The molecule has 7 heteroatoms. The van der Waals surface area contributed by atoms with Gasteiger partial charge in [0.05, 0.1) is 6.54 Å². The minimum Gasteiger partial charge on any atom is -0.444 e. The molecule has 1 atom stereocenters. The van der Waals surface area contributed by atoms with Crippen molar-refractivity contribution in [3.05, 3.63) is 22.6 Å². The Hall–Kier alpha value is -1.34. The second-order valence-corrected chi connectivity index (χ2v) is 5.14. The second-order valence-electron chi connectivity index (χ2n) is 4.36. The molecule has 0 bridgehead atoms. The molecule has 0 saturated heterocycles.